The molecule has 6 heteroatoms. The molecule has 0 spiro atoms. The lowest BCUT2D eigenvalue weighted by Crippen LogP contribution is -2.43. The second kappa shape index (κ2) is 8.16. The first-order valence-corrected chi connectivity index (χ1v) is 10.4. The van der Waals surface area contributed by atoms with E-state index in [1.54, 1.807) is 0 Å². The van der Waals surface area contributed by atoms with E-state index in [1.807, 2.05) is 42.5 Å². The van der Waals surface area contributed by atoms with Crippen molar-refractivity contribution in [1.82, 2.24) is 20.3 Å². The first-order chi connectivity index (χ1) is 14.8. The van der Waals surface area contributed by atoms with E-state index >= 15 is 0 Å². The van der Waals surface area contributed by atoms with E-state index in [1.165, 1.54) is 0 Å². The minimum absolute atomic E-state index is 0.00383. The van der Waals surface area contributed by atoms with E-state index in [-0.39, 0.29) is 6.10 Å². The Balaban J connectivity index is 1.33. The van der Waals surface area contributed by atoms with E-state index in [4.69, 9.17) is 14.7 Å². The Hall–Kier alpha value is -3.38. The monoisotopic (exact) mass is 399 g/mol. The van der Waals surface area contributed by atoms with Crippen LogP contribution in [0.4, 0.5) is 5.82 Å². The third-order valence-corrected chi connectivity index (χ3v) is 5.48. The van der Waals surface area contributed by atoms with E-state index in [2.05, 4.69) is 46.4 Å². The van der Waals surface area contributed by atoms with Crippen molar-refractivity contribution in [3.63, 3.8) is 0 Å². The maximum atomic E-state index is 6.08. The summed E-state index contributed by atoms with van der Waals surface area (Å²) in [6.07, 6.45) is -0.00383. The maximum absolute atomic E-state index is 6.08. The van der Waals surface area contributed by atoms with Crippen molar-refractivity contribution in [1.29, 1.82) is 0 Å². The van der Waals surface area contributed by atoms with Crippen LogP contribution in [0.25, 0.3) is 22.6 Å². The van der Waals surface area contributed by atoms with Crippen LogP contribution in [0, 0.1) is 0 Å². The summed E-state index contributed by atoms with van der Waals surface area (Å²) in [5.74, 6) is 2.64. The number of aromatic nitrogens is 3. The Labute approximate surface area is 175 Å². The van der Waals surface area contributed by atoms with Crippen molar-refractivity contribution in [2.45, 2.75) is 13.0 Å². The number of benzene rings is 2. The fraction of sp³-hybridized carbons (Fsp3) is 0.250. The molecule has 0 saturated carbocycles. The van der Waals surface area contributed by atoms with Gasteiger partial charge in [0, 0.05) is 31.7 Å². The van der Waals surface area contributed by atoms with Crippen molar-refractivity contribution in [2.24, 2.45) is 0 Å². The van der Waals surface area contributed by atoms with Crippen LogP contribution in [0.3, 0.4) is 0 Å². The molecule has 4 aromatic rings. The van der Waals surface area contributed by atoms with Crippen molar-refractivity contribution in [3.8, 4) is 17.1 Å². The molecule has 2 N–H and O–H groups in total. The number of aromatic amines is 1. The van der Waals surface area contributed by atoms with Gasteiger partial charge in [-0.2, -0.15) is 0 Å². The lowest BCUT2D eigenvalue weighted by atomic mass is 10.1. The van der Waals surface area contributed by atoms with Crippen LogP contribution in [0.5, 0.6) is 5.75 Å². The van der Waals surface area contributed by atoms with Crippen molar-refractivity contribution >= 4 is 17.0 Å². The molecule has 1 unspecified atom stereocenters. The minimum Gasteiger partial charge on any atom is -0.486 e. The van der Waals surface area contributed by atoms with Crippen LogP contribution in [0.1, 0.15) is 18.6 Å². The van der Waals surface area contributed by atoms with E-state index < -0.39 is 0 Å². The number of pyridine rings is 1. The van der Waals surface area contributed by atoms with E-state index in [9.17, 15) is 0 Å². The summed E-state index contributed by atoms with van der Waals surface area (Å²) in [5, 5.41) is 3.37. The number of hydrogen-bond donors (Lipinski definition) is 2. The van der Waals surface area contributed by atoms with Crippen LogP contribution in [-0.2, 0) is 0 Å². The quantitative estimate of drug-likeness (QED) is 0.527. The highest BCUT2D eigenvalue weighted by Crippen LogP contribution is 2.26. The van der Waals surface area contributed by atoms with Gasteiger partial charge in [-0.1, -0.05) is 30.3 Å². The molecule has 0 aliphatic carbocycles. The number of rotatable bonds is 5. The van der Waals surface area contributed by atoms with Gasteiger partial charge in [0.15, 0.2) is 5.65 Å². The topological polar surface area (TPSA) is 66.1 Å². The Morgan fingerprint density at radius 3 is 2.43 bits per heavy atom. The number of piperazine rings is 1. The number of fused-ring (bicyclic) bond motifs is 1. The molecular weight excluding hydrogens is 374 g/mol. The van der Waals surface area contributed by atoms with Crippen LogP contribution >= 0.6 is 0 Å². The summed E-state index contributed by atoms with van der Waals surface area (Å²) in [7, 11) is 0. The smallest absolute Gasteiger partial charge is 0.180 e. The fourth-order valence-corrected chi connectivity index (χ4v) is 3.78. The molecule has 1 saturated heterocycles. The van der Waals surface area contributed by atoms with Crippen LogP contribution in [0.2, 0.25) is 0 Å². The zero-order valence-electron chi connectivity index (χ0n) is 17.0. The molecule has 2 aromatic carbocycles. The highest BCUT2D eigenvalue weighted by atomic mass is 16.5. The van der Waals surface area contributed by atoms with Crippen molar-refractivity contribution in [3.05, 3.63) is 72.3 Å². The van der Waals surface area contributed by atoms with Gasteiger partial charge in [-0.3, -0.25) is 0 Å². The second-order valence-corrected chi connectivity index (χ2v) is 7.56. The van der Waals surface area contributed by atoms with Crippen LogP contribution in [0.15, 0.2) is 66.7 Å². The zero-order chi connectivity index (χ0) is 20.3. The summed E-state index contributed by atoms with van der Waals surface area (Å²) >= 11 is 0. The summed E-state index contributed by atoms with van der Waals surface area (Å²) in [5.41, 5.74) is 3.86. The minimum atomic E-state index is -0.00383. The van der Waals surface area contributed by atoms with Gasteiger partial charge in [-0.15, -0.1) is 0 Å². The molecule has 0 bridgehead atoms. The SMILES string of the molecule is CC(Oc1ccc(-c2nc3nc(N4CCNCC4)ccc3[nH]2)cc1)c1ccccc1. The van der Waals surface area contributed by atoms with Crippen LogP contribution < -0.4 is 15.0 Å². The molecule has 0 amide bonds. The molecular formula is C24H25N5O. The molecule has 1 atom stereocenters. The van der Waals surface area contributed by atoms with Gasteiger partial charge in [0.05, 0.1) is 5.52 Å². The number of nitrogens with one attached hydrogen (secondary N) is 2. The molecule has 1 aliphatic heterocycles. The molecule has 1 fully saturated rings. The lowest BCUT2D eigenvalue weighted by Gasteiger charge is -2.28. The number of imidazole rings is 1. The fourth-order valence-electron chi connectivity index (χ4n) is 3.78. The largest absolute Gasteiger partial charge is 0.486 e. The molecule has 0 radical (unpaired) electrons. The highest BCUT2D eigenvalue weighted by molar-refractivity contribution is 5.77. The average Bonchev–Trinajstić information content (AvgIpc) is 3.24. The molecule has 2 aromatic heterocycles. The van der Waals surface area contributed by atoms with Gasteiger partial charge in [-0.05, 0) is 48.9 Å². The molecule has 6 nitrogen and oxygen atoms in total. The highest BCUT2D eigenvalue weighted by Gasteiger charge is 2.14. The molecule has 1 aliphatic rings. The van der Waals surface area contributed by atoms with Gasteiger partial charge in [0.1, 0.15) is 23.5 Å². The molecule has 5 rings (SSSR count). The number of nitrogens with zero attached hydrogens (tertiary/aromatic N) is 3. The average molecular weight is 399 g/mol. The predicted molar refractivity (Wildman–Crippen MR) is 120 cm³/mol. The zero-order valence-corrected chi connectivity index (χ0v) is 17.0. The number of anilines is 1. The Kier molecular flexibility index (Phi) is 5.07. The number of H-pyrrole nitrogens is 1. The first-order valence-electron chi connectivity index (χ1n) is 10.4. The van der Waals surface area contributed by atoms with Crippen LogP contribution in [-0.4, -0.2) is 41.1 Å². The summed E-state index contributed by atoms with van der Waals surface area (Å²) in [4.78, 5) is 15.2. The van der Waals surface area contributed by atoms with Gasteiger partial charge in [0.2, 0.25) is 0 Å². The molecule has 30 heavy (non-hydrogen) atoms. The van der Waals surface area contributed by atoms with Gasteiger partial charge >= 0.3 is 0 Å². The van der Waals surface area contributed by atoms with Gasteiger partial charge < -0.3 is 19.9 Å². The number of ether oxygens (including phenoxy) is 1. The standard InChI is InChI=1S/C24H25N5O/c1-17(18-5-3-2-4-6-18)30-20-9-7-19(8-10-20)23-26-21-11-12-22(27-24(21)28-23)29-15-13-25-14-16-29/h2-12,17,25H,13-16H2,1H3,(H,26,27,28). The lowest BCUT2D eigenvalue weighted by molar-refractivity contribution is 0.227. The molecule has 152 valence electrons. The normalized spacial score (nSPS) is 15.3. The maximum Gasteiger partial charge on any atom is 0.180 e. The van der Waals surface area contributed by atoms with Gasteiger partial charge in [-0.25, -0.2) is 9.97 Å². The van der Waals surface area contributed by atoms with Gasteiger partial charge in [0.25, 0.3) is 0 Å². The second-order valence-electron chi connectivity index (χ2n) is 7.56. The number of hydrogen-bond acceptors (Lipinski definition) is 5. The summed E-state index contributed by atoms with van der Waals surface area (Å²) < 4.78 is 6.08. The predicted octanol–water partition coefficient (Wildman–Crippen LogP) is 4.17. The Bertz CT molecular complexity index is 1120. The summed E-state index contributed by atoms with van der Waals surface area (Å²) in [6, 6.07) is 22.4. The molecule has 3 heterocycles. The summed E-state index contributed by atoms with van der Waals surface area (Å²) in [6.45, 7) is 5.98. The Morgan fingerprint density at radius 1 is 0.900 bits per heavy atom. The van der Waals surface area contributed by atoms with E-state index in [0.29, 0.717) is 0 Å². The first kappa shape index (κ1) is 18.6. The van der Waals surface area contributed by atoms with E-state index in [0.717, 1.165) is 65.9 Å². The Morgan fingerprint density at radius 2 is 1.67 bits per heavy atom. The third-order valence-electron chi connectivity index (χ3n) is 5.48. The van der Waals surface area contributed by atoms with Crippen molar-refractivity contribution < 1.29 is 4.74 Å². The van der Waals surface area contributed by atoms with Crippen molar-refractivity contribution in [2.75, 3.05) is 31.1 Å². The third kappa shape index (κ3) is 3.86.